The Balaban J connectivity index is 1.99. The summed E-state index contributed by atoms with van der Waals surface area (Å²) in [4.78, 5) is 10.4. The summed E-state index contributed by atoms with van der Waals surface area (Å²) in [7, 11) is 0. The zero-order valence-electron chi connectivity index (χ0n) is 8.35. The number of rotatable bonds is 4. The second kappa shape index (κ2) is 4.61. The van der Waals surface area contributed by atoms with E-state index in [0.717, 1.165) is 0 Å². The maximum atomic E-state index is 12.8. The molecule has 0 radical (unpaired) electrons. The van der Waals surface area contributed by atoms with Crippen molar-refractivity contribution in [2.45, 2.75) is 6.61 Å². The van der Waals surface area contributed by atoms with Crippen molar-refractivity contribution >= 4 is 6.29 Å². The SMILES string of the molecule is O=Cc1ccc(COc2cccc(F)c2)o1. The molecule has 0 fully saturated rings. The smallest absolute Gasteiger partial charge is 0.185 e. The number of ether oxygens (including phenoxy) is 1. The third-order valence-electron chi connectivity index (χ3n) is 1.98. The zero-order valence-corrected chi connectivity index (χ0v) is 8.35. The van der Waals surface area contributed by atoms with Crippen LogP contribution in [0.4, 0.5) is 4.39 Å². The van der Waals surface area contributed by atoms with Crippen LogP contribution in [-0.2, 0) is 6.61 Å². The van der Waals surface area contributed by atoms with E-state index >= 15 is 0 Å². The largest absolute Gasteiger partial charge is 0.486 e. The van der Waals surface area contributed by atoms with E-state index in [9.17, 15) is 9.18 Å². The minimum atomic E-state index is -0.356. The maximum absolute atomic E-state index is 12.8. The van der Waals surface area contributed by atoms with Crippen LogP contribution in [0.25, 0.3) is 0 Å². The molecule has 0 N–H and O–H groups in total. The van der Waals surface area contributed by atoms with Gasteiger partial charge in [-0.25, -0.2) is 4.39 Å². The summed E-state index contributed by atoms with van der Waals surface area (Å²) in [5.41, 5.74) is 0. The fraction of sp³-hybridized carbons (Fsp3) is 0.0833. The summed E-state index contributed by atoms with van der Waals surface area (Å²) in [6, 6.07) is 9.02. The van der Waals surface area contributed by atoms with Gasteiger partial charge in [-0.3, -0.25) is 4.79 Å². The number of benzene rings is 1. The van der Waals surface area contributed by atoms with Crippen molar-refractivity contribution in [3.63, 3.8) is 0 Å². The molecular formula is C12H9FO3. The lowest BCUT2D eigenvalue weighted by Crippen LogP contribution is -1.93. The first-order valence-corrected chi connectivity index (χ1v) is 4.70. The molecule has 1 aromatic carbocycles. The Kier molecular flexibility index (Phi) is 3.00. The van der Waals surface area contributed by atoms with Gasteiger partial charge in [-0.05, 0) is 24.3 Å². The summed E-state index contributed by atoms with van der Waals surface area (Å²) in [6.45, 7) is 0.164. The predicted octanol–water partition coefficient (Wildman–Crippen LogP) is 2.81. The number of halogens is 1. The fourth-order valence-corrected chi connectivity index (χ4v) is 1.25. The summed E-state index contributed by atoms with van der Waals surface area (Å²) in [6.07, 6.45) is 0.617. The van der Waals surface area contributed by atoms with Crippen LogP contribution in [0.1, 0.15) is 16.3 Å². The van der Waals surface area contributed by atoms with E-state index in [0.29, 0.717) is 17.8 Å². The fourth-order valence-electron chi connectivity index (χ4n) is 1.25. The normalized spacial score (nSPS) is 10.1. The molecule has 82 valence electrons. The van der Waals surface area contributed by atoms with E-state index in [1.54, 1.807) is 24.3 Å². The Labute approximate surface area is 91.5 Å². The first-order chi connectivity index (χ1) is 7.78. The quantitative estimate of drug-likeness (QED) is 0.744. The molecule has 0 aliphatic carbocycles. The van der Waals surface area contributed by atoms with E-state index in [-0.39, 0.29) is 18.2 Å². The van der Waals surface area contributed by atoms with Crippen molar-refractivity contribution in [3.05, 3.63) is 53.7 Å². The number of furan rings is 1. The Bertz CT molecular complexity index is 491. The van der Waals surface area contributed by atoms with Gasteiger partial charge in [-0.2, -0.15) is 0 Å². The summed E-state index contributed by atoms with van der Waals surface area (Å²) < 4.78 is 23.2. The zero-order chi connectivity index (χ0) is 11.4. The second-order valence-electron chi connectivity index (χ2n) is 3.17. The van der Waals surface area contributed by atoms with Gasteiger partial charge in [0.15, 0.2) is 12.0 Å². The van der Waals surface area contributed by atoms with Crippen LogP contribution >= 0.6 is 0 Å². The number of hydrogen-bond donors (Lipinski definition) is 0. The molecule has 0 spiro atoms. The molecule has 0 atom stereocenters. The lowest BCUT2D eigenvalue weighted by atomic mass is 10.3. The molecule has 4 heteroatoms. The van der Waals surface area contributed by atoms with Crippen molar-refractivity contribution in [2.75, 3.05) is 0 Å². The molecule has 16 heavy (non-hydrogen) atoms. The van der Waals surface area contributed by atoms with Crippen LogP contribution in [0.5, 0.6) is 5.75 Å². The minimum absolute atomic E-state index is 0.164. The average molecular weight is 220 g/mol. The van der Waals surface area contributed by atoms with Crippen LogP contribution in [0, 0.1) is 5.82 Å². The number of carbonyl (C=O) groups excluding carboxylic acids is 1. The van der Waals surface area contributed by atoms with Crippen molar-refractivity contribution in [1.29, 1.82) is 0 Å². The van der Waals surface area contributed by atoms with Crippen LogP contribution in [0.2, 0.25) is 0 Å². The van der Waals surface area contributed by atoms with Crippen molar-refractivity contribution in [1.82, 2.24) is 0 Å². The van der Waals surface area contributed by atoms with E-state index in [4.69, 9.17) is 9.15 Å². The highest BCUT2D eigenvalue weighted by Gasteiger charge is 2.02. The molecule has 0 saturated carbocycles. The molecule has 0 aliphatic heterocycles. The maximum Gasteiger partial charge on any atom is 0.185 e. The average Bonchev–Trinajstić information content (AvgIpc) is 2.74. The lowest BCUT2D eigenvalue weighted by molar-refractivity contribution is 0.109. The molecule has 0 amide bonds. The van der Waals surface area contributed by atoms with Crippen LogP contribution in [0.15, 0.2) is 40.8 Å². The number of aldehydes is 1. The summed E-state index contributed by atoms with van der Waals surface area (Å²) in [5, 5.41) is 0. The van der Waals surface area contributed by atoms with Gasteiger partial charge in [0.25, 0.3) is 0 Å². The second-order valence-corrected chi connectivity index (χ2v) is 3.17. The van der Waals surface area contributed by atoms with Gasteiger partial charge in [0, 0.05) is 6.07 Å². The van der Waals surface area contributed by atoms with Gasteiger partial charge in [-0.15, -0.1) is 0 Å². The molecule has 1 heterocycles. The topological polar surface area (TPSA) is 39.4 Å². The van der Waals surface area contributed by atoms with Gasteiger partial charge >= 0.3 is 0 Å². The number of hydrogen-bond acceptors (Lipinski definition) is 3. The third-order valence-corrected chi connectivity index (χ3v) is 1.98. The highest BCUT2D eigenvalue weighted by molar-refractivity contribution is 5.70. The van der Waals surface area contributed by atoms with Crippen molar-refractivity contribution < 1.29 is 18.3 Å². The Morgan fingerprint density at radius 2 is 2.19 bits per heavy atom. The molecule has 0 saturated heterocycles. The summed E-state index contributed by atoms with van der Waals surface area (Å²) >= 11 is 0. The molecular weight excluding hydrogens is 211 g/mol. The summed E-state index contributed by atoms with van der Waals surface area (Å²) in [5.74, 6) is 0.832. The molecule has 2 rings (SSSR count). The van der Waals surface area contributed by atoms with Crippen LogP contribution < -0.4 is 4.74 Å². The lowest BCUT2D eigenvalue weighted by Gasteiger charge is -2.03. The number of carbonyl (C=O) groups is 1. The standard InChI is InChI=1S/C12H9FO3/c13-9-2-1-3-10(6-9)15-8-12-5-4-11(7-14)16-12/h1-7H,8H2. The molecule has 0 aliphatic rings. The van der Waals surface area contributed by atoms with Crippen LogP contribution in [-0.4, -0.2) is 6.29 Å². The first kappa shape index (κ1) is 10.4. The van der Waals surface area contributed by atoms with Gasteiger partial charge in [0.1, 0.15) is 23.9 Å². The van der Waals surface area contributed by atoms with Gasteiger partial charge in [0.05, 0.1) is 0 Å². The van der Waals surface area contributed by atoms with Crippen LogP contribution in [0.3, 0.4) is 0 Å². The van der Waals surface area contributed by atoms with Gasteiger partial charge < -0.3 is 9.15 Å². The van der Waals surface area contributed by atoms with E-state index in [1.807, 2.05) is 0 Å². The van der Waals surface area contributed by atoms with E-state index < -0.39 is 0 Å². The predicted molar refractivity (Wildman–Crippen MR) is 54.8 cm³/mol. The molecule has 2 aromatic rings. The molecule has 0 bridgehead atoms. The Morgan fingerprint density at radius 3 is 2.88 bits per heavy atom. The molecule has 3 nitrogen and oxygen atoms in total. The van der Waals surface area contributed by atoms with E-state index in [1.165, 1.54) is 12.1 Å². The highest BCUT2D eigenvalue weighted by Crippen LogP contribution is 2.15. The van der Waals surface area contributed by atoms with Crippen molar-refractivity contribution in [3.8, 4) is 5.75 Å². The van der Waals surface area contributed by atoms with Gasteiger partial charge in [-0.1, -0.05) is 6.07 Å². The highest BCUT2D eigenvalue weighted by atomic mass is 19.1. The molecule has 1 aromatic heterocycles. The minimum Gasteiger partial charge on any atom is -0.486 e. The molecule has 0 unspecified atom stereocenters. The first-order valence-electron chi connectivity index (χ1n) is 4.70. The third kappa shape index (κ3) is 2.48. The monoisotopic (exact) mass is 220 g/mol. The van der Waals surface area contributed by atoms with Crippen molar-refractivity contribution in [2.24, 2.45) is 0 Å². The Hall–Kier alpha value is -2.10. The van der Waals surface area contributed by atoms with E-state index in [2.05, 4.69) is 0 Å². The van der Waals surface area contributed by atoms with Gasteiger partial charge in [0.2, 0.25) is 0 Å². The Morgan fingerprint density at radius 1 is 1.31 bits per heavy atom.